The number of rotatable bonds is 4. The lowest BCUT2D eigenvalue weighted by Gasteiger charge is -2.10. The maximum Gasteiger partial charge on any atom is 0.269 e. The van der Waals surface area contributed by atoms with Crippen LogP contribution in [-0.4, -0.2) is 14.9 Å². The van der Waals surface area contributed by atoms with Crippen LogP contribution >= 0.6 is 11.6 Å². The zero-order valence-electron chi connectivity index (χ0n) is 11.1. The van der Waals surface area contributed by atoms with E-state index in [0.29, 0.717) is 23.3 Å². The van der Waals surface area contributed by atoms with Crippen LogP contribution in [0.15, 0.2) is 24.3 Å². The third-order valence-corrected chi connectivity index (χ3v) is 3.17. The summed E-state index contributed by atoms with van der Waals surface area (Å²) in [6, 6.07) is 6.36. The van der Waals surface area contributed by atoms with Crippen LogP contribution in [0.3, 0.4) is 0 Å². The van der Waals surface area contributed by atoms with E-state index in [-0.39, 0.29) is 5.69 Å². The molecule has 0 bridgehead atoms. The fourth-order valence-electron chi connectivity index (χ4n) is 1.69. The molecule has 0 aliphatic heterocycles. The van der Waals surface area contributed by atoms with Crippen LogP contribution in [-0.2, 0) is 6.54 Å². The second-order valence-corrected chi connectivity index (χ2v) is 4.67. The highest BCUT2D eigenvalue weighted by Gasteiger charge is 2.08. The summed E-state index contributed by atoms with van der Waals surface area (Å²) in [6.45, 7) is 4.11. The van der Waals surface area contributed by atoms with Crippen LogP contribution in [0.25, 0.3) is 0 Å². The fraction of sp³-hybridized carbons (Fsp3) is 0.231. The highest BCUT2D eigenvalue weighted by Crippen LogP contribution is 2.20. The average molecular weight is 293 g/mol. The van der Waals surface area contributed by atoms with Gasteiger partial charge in [0.1, 0.15) is 16.8 Å². The standard InChI is InChI=1S/C13H13ClN4O2/c1-8-12(14)16-9(2)17-13(8)15-7-10-3-5-11(6-4-10)18(19)20/h3-6H,7H2,1-2H3,(H,15,16,17). The molecule has 6 nitrogen and oxygen atoms in total. The highest BCUT2D eigenvalue weighted by atomic mass is 35.5. The molecule has 0 aliphatic carbocycles. The molecule has 2 aromatic rings. The number of halogens is 1. The molecule has 1 heterocycles. The molecule has 7 heteroatoms. The minimum Gasteiger partial charge on any atom is -0.366 e. The number of benzene rings is 1. The maximum atomic E-state index is 10.6. The van der Waals surface area contributed by atoms with Crippen molar-refractivity contribution in [3.8, 4) is 0 Å². The molecule has 0 radical (unpaired) electrons. The largest absolute Gasteiger partial charge is 0.366 e. The monoisotopic (exact) mass is 292 g/mol. The van der Waals surface area contributed by atoms with Crippen molar-refractivity contribution >= 4 is 23.1 Å². The Morgan fingerprint density at radius 1 is 1.25 bits per heavy atom. The van der Waals surface area contributed by atoms with Crippen LogP contribution in [0.5, 0.6) is 0 Å². The molecular weight excluding hydrogens is 280 g/mol. The highest BCUT2D eigenvalue weighted by molar-refractivity contribution is 6.30. The molecule has 1 aromatic carbocycles. The summed E-state index contributed by atoms with van der Waals surface area (Å²) < 4.78 is 0. The number of aryl methyl sites for hydroxylation is 1. The average Bonchev–Trinajstić information content (AvgIpc) is 2.41. The molecule has 20 heavy (non-hydrogen) atoms. The molecule has 0 saturated carbocycles. The van der Waals surface area contributed by atoms with E-state index in [9.17, 15) is 10.1 Å². The van der Waals surface area contributed by atoms with Gasteiger partial charge in [-0.2, -0.15) is 0 Å². The summed E-state index contributed by atoms with van der Waals surface area (Å²) in [5.74, 6) is 1.26. The molecule has 0 fully saturated rings. The molecular formula is C13H13ClN4O2. The summed E-state index contributed by atoms with van der Waals surface area (Å²) in [6.07, 6.45) is 0. The quantitative estimate of drug-likeness (QED) is 0.531. The molecule has 1 N–H and O–H groups in total. The molecule has 0 aliphatic rings. The SMILES string of the molecule is Cc1nc(Cl)c(C)c(NCc2ccc([N+](=O)[O-])cc2)n1. The van der Waals surface area contributed by atoms with Gasteiger partial charge in [-0.3, -0.25) is 10.1 Å². The number of non-ortho nitro benzene ring substituents is 1. The molecule has 0 saturated heterocycles. The van der Waals surface area contributed by atoms with Crippen LogP contribution < -0.4 is 5.32 Å². The smallest absolute Gasteiger partial charge is 0.269 e. The van der Waals surface area contributed by atoms with Crippen LogP contribution in [0.1, 0.15) is 17.0 Å². The van der Waals surface area contributed by atoms with Gasteiger partial charge in [0.2, 0.25) is 0 Å². The third kappa shape index (κ3) is 3.21. The van der Waals surface area contributed by atoms with Crippen molar-refractivity contribution < 1.29 is 4.92 Å². The zero-order chi connectivity index (χ0) is 14.7. The van der Waals surface area contributed by atoms with Crippen LogP contribution in [0.4, 0.5) is 11.5 Å². The number of anilines is 1. The van der Waals surface area contributed by atoms with Crippen molar-refractivity contribution in [3.63, 3.8) is 0 Å². The molecule has 0 unspecified atom stereocenters. The lowest BCUT2D eigenvalue weighted by atomic mass is 10.2. The van der Waals surface area contributed by atoms with Gasteiger partial charge in [0.15, 0.2) is 0 Å². The number of hydrogen-bond acceptors (Lipinski definition) is 5. The number of nitrogens with one attached hydrogen (secondary N) is 1. The Kier molecular flexibility index (Phi) is 4.14. The van der Waals surface area contributed by atoms with E-state index in [1.165, 1.54) is 12.1 Å². The van der Waals surface area contributed by atoms with E-state index in [1.807, 2.05) is 6.92 Å². The van der Waals surface area contributed by atoms with Gasteiger partial charge in [-0.05, 0) is 19.4 Å². The summed E-state index contributed by atoms with van der Waals surface area (Å²) in [5, 5.41) is 14.1. The molecule has 0 amide bonds. The number of aromatic nitrogens is 2. The first-order valence-electron chi connectivity index (χ1n) is 5.95. The van der Waals surface area contributed by atoms with Gasteiger partial charge in [0, 0.05) is 24.2 Å². The number of nitro benzene ring substituents is 1. The van der Waals surface area contributed by atoms with Gasteiger partial charge in [0.05, 0.1) is 4.92 Å². The lowest BCUT2D eigenvalue weighted by Crippen LogP contribution is -2.06. The van der Waals surface area contributed by atoms with E-state index in [0.717, 1.165) is 11.1 Å². The minimum absolute atomic E-state index is 0.0749. The number of nitrogens with zero attached hydrogens (tertiary/aromatic N) is 3. The molecule has 0 atom stereocenters. The van der Waals surface area contributed by atoms with E-state index in [1.54, 1.807) is 19.1 Å². The first kappa shape index (κ1) is 14.2. The van der Waals surface area contributed by atoms with E-state index >= 15 is 0 Å². The van der Waals surface area contributed by atoms with E-state index in [2.05, 4.69) is 15.3 Å². The van der Waals surface area contributed by atoms with Gasteiger partial charge in [-0.1, -0.05) is 23.7 Å². The van der Waals surface area contributed by atoms with Crippen molar-refractivity contribution in [1.82, 2.24) is 9.97 Å². The van der Waals surface area contributed by atoms with Crippen molar-refractivity contribution in [1.29, 1.82) is 0 Å². The normalized spacial score (nSPS) is 10.3. The zero-order valence-corrected chi connectivity index (χ0v) is 11.8. The Labute approximate surface area is 121 Å². The van der Waals surface area contributed by atoms with E-state index in [4.69, 9.17) is 11.6 Å². The summed E-state index contributed by atoms with van der Waals surface area (Å²) in [7, 11) is 0. The van der Waals surface area contributed by atoms with Crippen LogP contribution in [0, 0.1) is 24.0 Å². The van der Waals surface area contributed by atoms with Gasteiger partial charge in [-0.25, -0.2) is 9.97 Å². The predicted molar refractivity (Wildman–Crippen MR) is 76.9 cm³/mol. The lowest BCUT2D eigenvalue weighted by molar-refractivity contribution is -0.384. The second kappa shape index (κ2) is 5.83. The van der Waals surface area contributed by atoms with Crippen molar-refractivity contribution in [2.75, 3.05) is 5.32 Å². The van der Waals surface area contributed by atoms with Crippen molar-refractivity contribution in [2.45, 2.75) is 20.4 Å². The predicted octanol–water partition coefficient (Wildman–Crippen LogP) is 3.27. The Balaban J connectivity index is 2.11. The van der Waals surface area contributed by atoms with Crippen molar-refractivity contribution in [2.24, 2.45) is 0 Å². The fourth-order valence-corrected chi connectivity index (χ4v) is 1.90. The molecule has 1 aromatic heterocycles. The summed E-state index contributed by atoms with van der Waals surface area (Å²) in [5.41, 5.74) is 1.77. The number of nitro groups is 1. The van der Waals surface area contributed by atoms with Gasteiger partial charge >= 0.3 is 0 Å². The van der Waals surface area contributed by atoms with Crippen LogP contribution in [0.2, 0.25) is 5.15 Å². The summed E-state index contributed by atoms with van der Waals surface area (Å²) >= 11 is 5.99. The maximum absolute atomic E-state index is 10.6. The number of hydrogen-bond donors (Lipinski definition) is 1. The van der Waals surface area contributed by atoms with Gasteiger partial charge in [0.25, 0.3) is 5.69 Å². The van der Waals surface area contributed by atoms with Gasteiger partial charge in [-0.15, -0.1) is 0 Å². The topological polar surface area (TPSA) is 81.0 Å². The first-order valence-corrected chi connectivity index (χ1v) is 6.33. The molecule has 2 rings (SSSR count). The van der Waals surface area contributed by atoms with Gasteiger partial charge < -0.3 is 5.32 Å². The van der Waals surface area contributed by atoms with E-state index < -0.39 is 4.92 Å². The molecule has 104 valence electrons. The molecule has 0 spiro atoms. The Morgan fingerprint density at radius 2 is 1.90 bits per heavy atom. The Morgan fingerprint density at radius 3 is 2.50 bits per heavy atom. The second-order valence-electron chi connectivity index (χ2n) is 4.31. The first-order chi connectivity index (χ1) is 9.47. The Hall–Kier alpha value is -2.21. The Bertz CT molecular complexity index is 644. The third-order valence-electron chi connectivity index (χ3n) is 2.81. The van der Waals surface area contributed by atoms with Crippen molar-refractivity contribution in [3.05, 3.63) is 56.5 Å². The summed E-state index contributed by atoms with van der Waals surface area (Å²) in [4.78, 5) is 18.5. The minimum atomic E-state index is -0.422.